The van der Waals surface area contributed by atoms with E-state index < -0.39 is 17.5 Å². The van der Waals surface area contributed by atoms with E-state index in [4.69, 9.17) is 9.47 Å². The minimum atomic E-state index is -1.48. The Balaban J connectivity index is 1.75. The Morgan fingerprint density at radius 3 is 2.48 bits per heavy atom. The van der Waals surface area contributed by atoms with Gasteiger partial charge in [0.15, 0.2) is 29.0 Å². The highest BCUT2D eigenvalue weighted by atomic mass is 19.2. The molecule has 2 aromatic carbocycles. The van der Waals surface area contributed by atoms with Crippen LogP contribution in [0.25, 0.3) is 0 Å². The lowest BCUT2D eigenvalue weighted by Gasteiger charge is -2.19. The van der Waals surface area contributed by atoms with E-state index in [9.17, 15) is 13.2 Å². The van der Waals surface area contributed by atoms with Gasteiger partial charge >= 0.3 is 0 Å². The summed E-state index contributed by atoms with van der Waals surface area (Å²) in [7, 11) is 0. The lowest BCUT2D eigenvalue weighted by atomic mass is 10.2. The van der Waals surface area contributed by atoms with Crippen molar-refractivity contribution in [2.24, 2.45) is 0 Å². The van der Waals surface area contributed by atoms with Gasteiger partial charge < -0.3 is 14.8 Å². The highest BCUT2D eigenvalue weighted by Gasteiger charge is 2.14. The topological polar surface area (TPSA) is 30.5 Å². The summed E-state index contributed by atoms with van der Waals surface area (Å²) in [6.07, 6.45) is 0. The molecule has 0 aliphatic carbocycles. The summed E-state index contributed by atoms with van der Waals surface area (Å²) in [5.41, 5.74) is 0.715. The van der Waals surface area contributed by atoms with E-state index in [0.717, 1.165) is 17.7 Å². The molecule has 0 atom stereocenters. The minimum Gasteiger partial charge on any atom is -0.486 e. The Bertz CT molecular complexity index is 676. The van der Waals surface area contributed by atoms with Crippen molar-refractivity contribution in [3.05, 3.63) is 53.3 Å². The van der Waals surface area contributed by atoms with Gasteiger partial charge in [-0.1, -0.05) is 6.07 Å². The summed E-state index contributed by atoms with van der Waals surface area (Å²) >= 11 is 0. The summed E-state index contributed by atoms with van der Waals surface area (Å²) in [6.45, 7) is 1.23. The second-order valence-electron chi connectivity index (χ2n) is 4.55. The fraction of sp³-hybridized carbons (Fsp3) is 0.200. The second kappa shape index (κ2) is 5.55. The maximum atomic E-state index is 13.5. The molecule has 0 saturated heterocycles. The van der Waals surface area contributed by atoms with Crippen LogP contribution in [0.15, 0.2) is 30.3 Å². The molecular weight excluding hydrogens is 283 g/mol. The predicted molar refractivity (Wildman–Crippen MR) is 71.1 cm³/mol. The lowest BCUT2D eigenvalue weighted by Crippen LogP contribution is -2.15. The van der Waals surface area contributed by atoms with E-state index in [1.165, 1.54) is 0 Å². The third kappa shape index (κ3) is 2.74. The summed E-state index contributed by atoms with van der Waals surface area (Å²) < 4.78 is 50.3. The van der Waals surface area contributed by atoms with Crippen LogP contribution in [0.2, 0.25) is 0 Å². The Kier molecular flexibility index (Phi) is 3.60. The Morgan fingerprint density at radius 2 is 1.67 bits per heavy atom. The van der Waals surface area contributed by atoms with Gasteiger partial charge in [-0.15, -0.1) is 0 Å². The molecule has 1 aliphatic heterocycles. The summed E-state index contributed by atoms with van der Waals surface area (Å²) in [6, 6.07) is 7.35. The van der Waals surface area contributed by atoms with E-state index in [2.05, 4.69) is 5.32 Å². The lowest BCUT2D eigenvalue weighted by molar-refractivity contribution is 0.171. The second-order valence-corrected chi connectivity index (χ2v) is 4.55. The molecule has 2 aromatic rings. The van der Waals surface area contributed by atoms with Crippen molar-refractivity contribution in [1.82, 2.24) is 0 Å². The van der Waals surface area contributed by atoms with Crippen LogP contribution in [0.5, 0.6) is 11.5 Å². The zero-order valence-corrected chi connectivity index (χ0v) is 11.0. The number of fused-ring (bicyclic) bond motifs is 1. The van der Waals surface area contributed by atoms with E-state index >= 15 is 0 Å². The first-order valence-corrected chi connectivity index (χ1v) is 6.41. The van der Waals surface area contributed by atoms with Crippen molar-refractivity contribution >= 4 is 5.69 Å². The maximum absolute atomic E-state index is 13.5. The molecule has 0 radical (unpaired) electrons. The van der Waals surface area contributed by atoms with E-state index in [1.807, 2.05) is 0 Å². The average molecular weight is 295 g/mol. The Hall–Kier alpha value is -2.37. The standard InChI is InChI=1S/C15H12F3NO2/c16-10-2-3-11(15(18)14(10)17)19-8-9-1-4-12-13(7-9)21-6-5-20-12/h1-4,7,19H,5-6,8H2. The van der Waals surface area contributed by atoms with Gasteiger partial charge in [-0.05, 0) is 29.8 Å². The van der Waals surface area contributed by atoms with Crippen molar-refractivity contribution in [2.75, 3.05) is 18.5 Å². The molecule has 0 amide bonds. The molecular formula is C15H12F3NO2. The first kappa shape index (κ1) is 13.6. The molecule has 0 aromatic heterocycles. The zero-order valence-electron chi connectivity index (χ0n) is 11.0. The van der Waals surface area contributed by atoms with Crippen molar-refractivity contribution in [3.63, 3.8) is 0 Å². The Labute approximate surface area is 119 Å². The molecule has 1 N–H and O–H groups in total. The molecule has 0 spiro atoms. The van der Waals surface area contributed by atoms with E-state index in [-0.39, 0.29) is 12.2 Å². The van der Waals surface area contributed by atoms with Crippen LogP contribution in [-0.2, 0) is 6.54 Å². The number of anilines is 1. The van der Waals surface area contributed by atoms with Gasteiger partial charge in [0.25, 0.3) is 0 Å². The van der Waals surface area contributed by atoms with Gasteiger partial charge in [-0.25, -0.2) is 13.2 Å². The average Bonchev–Trinajstić information content (AvgIpc) is 2.52. The maximum Gasteiger partial charge on any atom is 0.196 e. The molecule has 6 heteroatoms. The van der Waals surface area contributed by atoms with Gasteiger partial charge in [0, 0.05) is 6.54 Å². The van der Waals surface area contributed by atoms with E-state index in [0.29, 0.717) is 24.7 Å². The first-order chi connectivity index (χ1) is 10.1. The number of benzene rings is 2. The fourth-order valence-electron chi connectivity index (χ4n) is 2.06. The highest BCUT2D eigenvalue weighted by Crippen LogP contribution is 2.31. The third-order valence-corrected chi connectivity index (χ3v) is 3.12. The molecule has 0 fully saturated rings. The van der Waals surface area contributed by atoms with Crippen LogP contribution in [0.4, 0.5) is 18.9 Å². The number of hydrogen-bond donors (Lipinski definition) is 1. The molecule has 0 saturated carbocycles. The molecule has 1 heterocycles. The summed E-state index contributed by atoms with van der Waals surface area (Å²) in [4.78, 5) is 0. The molecule has 21 heavy (non-hydrogen) atoms. The highest BCUT2D eigenvalue weighted by molar-refractivity contribution is 5.48. The molecule has 1 aliphatic rings. The van der Waals surface area contributed by atoms with Crippen molar-refractivity contribution in [2.45, 2.75) is 6.54 Å². The zero-order chi connectivity index (χ0) is 14.8. The van der Waals surface area contributed by atoms with Crippen LogP contribution < -0.4 is 14.8 Å². The van der Waals surface area contributed by atoms with Gasteiger partial charge in [0.1, 0.15) is 13.2 Å². The van der Waals surface area contributed by atoms with Crippen molar-refractivity contribution in [3.8, 4) is 11.5 Å². The van der Waals surface area contributed by atoms with Gasteiger partial charge in [0.05, 0.1) is 5.69 Å². The SMILES string of the molecule is Fc1ccc(NCc2ccc3c(c2)OCCO3)c(F)c1F. The van der Waals surface area contributed by atoms with Gasteiger partial charge in [-0.2, -0.15) is 0 Å². The van der Waals surface area contributed by atoms with Gasteiger partial charge in [-0.3, -0.25) is 0 Å². The number of nitrogens with one attached hydrogen (secondary N) is 1. The Morgan fingerprint density at radius 1 is 0.905 bits per heavy atom. The number of rotatable bonds is 3. The molecule has 3 rings (SSSR count). The third-order valence-electron chi connectivity index (χ3n) is 3.12. The summed E-state index contributed by atoms with van der Waals surface area (Å²) in [5, 5.41) is 2.73. The normalized spacial score (nSPS) is 13.1. The van der Waals surface area contributed by atoms with Crippen LogP contribution >= 0.6 is 0 Å². The van der Waals surface area contributed by atoms with Crippen molar-refractivity contribution in [1.29, 1.82) is 0 Å². The van der Waals surface area contributed by atoms with Crippen LogP contribution in [0.1, 0.15) is 5.56 Å². The van der Waals surface area contributed by atoms with Crippen molar-refractivity contribution < 1.29 is 22.6 Å². The smallest absolute Gasteiger partial charge is 0.196 e. The molecule has 3 nitrogen and oxygen atoms in total. The number of ether oxygens (including phenoxy) is 2. The first-order valence-electron chi connectivity index (χ1n) is 6.41. The molecule has 110 valence electrons. The van der Waals surface area contributed by atoms with Gasteiger partial charge in [0.2, 0.25) is 0 Å². The largest absolute Gasteiger partial charge is 0.486 e. The minimum absolute atomic E-state index is 0.0937. The molecule has 0 unspecified atom stereocenters. The van der Waals surface area contributed by atoms with Crippen LogP contribution in [-0.4, -0.2) is 13.2 Å². The van der Waals surface area contributed by atoms with Crippen LogP contribution in [0.3, 0.4) is 0 Å². The van der Waals surface area contributed by atoms with E-state index in [1.54, 1.807) is 18.2 Å². The monoisotopic (exact) mass is 295 g/mol. The number of hydrogen-bond acceptors (Lipinski definition) is 3. The van der Waals surface area contributed by atoms with Crippen LogP contribution in [0, 0.1) is 17.5 Å². The summed E-state index contributed by atoms with van der Waals surface area (Å²) in [5.74, 6) is -2.65. The fourth-order valence-corrected chi connectivity index (χ4v) is 2.06. The number of halogens is 3. The quantitative estimate of drug-likeness (QED) is 0.879. The predicted octanol–water partition coefficient (Wildman–Crippen LogP) is 3.49. The molecule has 0 bridgehead atoms.